The summed E-state index contributed by atoms with van der Waals surface area (Å²) in [5, 5.41) is 6.73. The maximum absolute atomic E-state index is 11.9. The predicted octanol–water partition coefficient (Wildman–Crippen LogP) is 2.40. The molecule has 1 amide bonds. The van der Waals surface area contributed by atoms with Crippen molar-refractivity contribution in [3.63, 3.8) is 0 Å². The highest BCUT2D eigenvalue weighted by Crippen LogP contribution is 2.38. The van der Waals surface area contributed by atoms with Crippen molar-refractivity contribution in [2.45, 2.75) is 19.9 Å². The maximum Gasteiger partial charge on any atom is 0.246 e. The lowest BCUT2D eigenvalue weighted by Crippen LogP contribution is -2.27. The topological polar surface area (TPSA) is 44.4 Å². The molecule has 0 saturated heterocycles. The second-order valence-corrected chi connectivity index (χ2v) is 4.79. The molecule has 98 valence electrons. The van der Waals surface area contributed by atoms with Gasteiger partial charge in [0, 0.05) is 24.8 Å². The number of halogens is 1. The fourth-order valence-electron chi connectivity index (χ4n) is 2.14. The number of rotatable bonds is 4. The Morgan fingerprint density at radius 3 is 2.78 bits per heavy atom. The Balaban J connectivity index is 2.41. The average molecular weight is 268 g/mol. The van der Waals surface area contributed by atoms with Crippen molar-refractivity contribution < 1.29 is 4.79 Å². The number of carbonyl (C=O) groups excluding carboxylic acids is 1. The van der Waals surface area contributed by atoms with Gasteiger partial charge in [-0.2, -0.15) is 0 Å². The first-order valence-electron chi connectivity index (χ1n) is 6.17. The van der Waals surface area contributed by atoms with Crippen LogP contribution in [0, 0.1) is 0 Å². The fourth-order valence-corrected chi connectivity index (χ4v) is 2.46. The number of anilines is 2. The highest BCUT2D eigenvalue weighted by atomic mass is 35.5. The molecule has 0 fully saturated rings. The Kier molecular flexibility index (Phi) is 3.78. The van der Waals surface area contributed by atoms with Gasteiger partial charge >= 0.3 is 0 Å². The minimum atomic E-state index is -0.288. The number of fused-ring (bicyclic) bond motifs is 1. The molecule has 0 spiro atoms. The molecule has 0 radical (unpaired) electrons. The lowest BCUT2D eigenvalue weighted by molar-refractivity contribution is -0.117. The van der Waals surface area contributed by atoms with E-state index in [-0.39, 0.29) is 11.9 Å². The summed E-state index contributed by atoms with van der Waals surface area (Å²) < 4.78 is 0. The zero-order valence-corrected chi connectivity index (χ0v) is 11.6. The largest absolute Gasteiger partial charge is 0.374 e. The molecule has 1 atom stereocenters. The Hall–Kier alpha value is -1.26. The Bertz CT molecular complexity index is 476. The van der Waals surface area contributed by atoms with Crippen LogP contribution in [-0.4, -0.2) is 26.0 Å². The molecule has 4 nitrogen and oxygen atoms in total. The molecule has 5 heteroatoms. The highest BCUT2D eigenvalue weighted by Gasteiger charge is 2.30. The molecule has 2 rings (SSSR count). The summed E-state index contributed by atoms with van der Waals surface area (Å²) in [6, 6.07) is 3.53. The lowest BCUT2D eigenvalue weighted by atomic mass is 10.1. The van der Waals surface area contributed by atoms with E-state index in [1.54, 1.807) is 0 Å². The van der Waals surface area contributed by atoms with Crippen molar-refractivity contribution in [2.75, 3.05) is 30.4 Å². The molecule has 0 saturated carbocycles. The van der Waals surface area contributed by atoms with Crippen molar-refractivity contribution in [3.05, 3.63) is 22.7 Å². The van der Waals surface area contributed by atoms with E-state index in [2.05, 4.69) is 22.5 Å². The number of benzene rings is 1. The van der Waals surface area contributed by atoms with Gasteiger partial charge in [0.1, 0.15) is 6.04 Å². The van der Waals surface area contributed by atoms with Crippen LogP contribution < -0.4 is 15.5 Å². The van der Waals surface area contributed by atoms with Crippen LogP contribution in [0.1, 0.15) is 25.5 Å². The van der Waals surface area contributed by atoms with Gasteiger partial charge in [-0.3, -0.25) is 4.79 Å². The minimum Gasteiger partial charge on any atom is -0.374 e. The van der Waals surface area contributed by atoms with Crippen LogP contribution in [0.25, 0.3) is 0 Å². The molecule has 1 aliphatic rings. The monoisotopic (exact) mass is 267 g/mol. The van der Waals surface area contributed by atoms with Crippen LogP contribution in [0.2, 0.25) is 5.02 Å². The maximum atomic E-state index is 11.9. The van der Waals surface area contributed by atoms with Gasteiger partial charge in [0.25, 0.3) is 0 Å². The van der Waals surface area contributed by atoms with Crippen LogP contribution in [0.3, 0.4) is 0 Å². The Labute approximate surface area is 112 Å². The molecular formula is C13H18ClN3O. The number of likely N-dealkylation sites (N-methyl/N-ethyl adjacent to an activating group) is 1. The minimum absolute atomic E-state index is 0.0146. The summed E-state index contributed by atoms with van der Waals surface area (Å²) in [4.78, 5) is 13.9. The van der Waals surface area contributed by atoms with E-state index in [9.17, 15) is 4.79 Å². The van der Waals surface area contributed by atoms with Crippen molar-refractivity contribution in [1.82, 2.24) is 5.32 Å². The molecular weight excluding hydrogens is 250 g/mol. The quantitative estimate of drug-likeness (QED) is 0.881. The smallest absolute Gasteiger partial charge is 0.246 e. The van der Waals surface area contributed by atoms with Gasteiger partial charge in [0.05, 0.1) is 10.7 Å². The second kappa shape index (κ2) is 5.16. The number of nitrogens with zero attached hydrogens (tertiary/aromatic N) is 1. The van der Waals surface area contributed by atoms with Gasteiger partial charge in [0.2, 0.25) is 5.91 Å². The van der Waals surface area contributed by atoms with E-state index in [1.165, 1.54) is 0 Å². The molecule has 0 aromatic heterocycles. The van der Waals surface area contributed by atoms with Crippen LogP contribution in [0.4, 0.5) is 11.4 Å². The summed E-state index contributed by atoms with van der Waals surface area (Å²) in [5.74, 6) is -0.0146. The summed E-state index contributed by atoms with van der Waals surface area (Å²) >= 11 is 6.29. The summed E-state index contributed by atoms with van der Waals surface area (Å²) in [5.41, 5.74) is 2.72. The third-order valence-electron chi connectivity index (χ3n) is 3.24. The van der Waals surface area contributed by atoms with E-state index in [1.807, 2.05) is 26.1 Å². The van der Waals surface area contributed by atoms with Gasteiger partial charge in [-0.1, -0.05) is 18.5 Å². The first-order chi connectivity index (χ1) is 8.58. The highest BCUT2D eigenvalue weighted by molar-refractivity contribution is 6.33. The van der Waals surface area contributed by atoms with E-state index in [0.717, 1.165) is 30.0 Å². The number of amides is 1. The average Bonchev–Trinajstić information content (AvgIpc) is 2.64. The van der Waals surface area contributed by atoms with Gasteiger partial charge < -0.3 is 15.5 Å². The molecule has 1 unspecified atom stereocenters. The first kappa shape index (κ1) is 13.2. The first-order valence-corrected chi connectivity index (χ1v) is 6.55. The predicted molar refractivity (Wildman–Crippen MR) is 75.4 cm³/mol. The van der Waals surface area contributed by atoms with Crippen LogP contribution in [-0.2, 0) is 4.79 Å². The van der Waals surface area contributed by atoms with Crippen LogP contribution >= 0.6 is 11.6 Å². The molecule has 18 heavy (non-hydrogen) atoms. The molecule has 2 N–H and O–H groups in total. The Morgan fingerprint density at radius 1 is 1.44 bits per heavy atom. The molecule has 1 heterocycles. The zero-order chi connectivity index (χ0) is 13.3. The van der Waals surface area contributed by atoms with Gasteiger partial charge in [0.15, 0.2) is 0 Å². The number of hydrogen-bond acceptors (Lipinski definition) is 3. The molecule has 1 aromatic rings. The van der Waals surface area contributed by atoms with E-state index < -0.39 is 0 Å². The van der Waals surface area contributed by atoms with Crippen molar-refractivity contribution >= 4 is 28.9 Å². The molecule has 0 bridgehead atoms. The van der Waals surface area contributed by atoms with Crippen LogP contribution in [0.5, 0.6) is 0 Å². The van der Waals surface area contributed by atoms with E-state index in [4.69, 9.17) is 11.6 Å². The lowest BCUT2D eigenvalue weighted by Gasteiger charge is -2.19. The van der Waals surface area contributed by atoms with Gasteiger partial charge in [-0.25, -0.2) is 0 Å². The molecule has 1 aromatic carbocycles. The SMILES string of the molecule is CCNC1C(=O)Nc2cc(N(C)CC)c(Cl)cc21. The third kappa shape index (κ3) is 2.18. The summed E-state index contributed by atoms with van der Waals surface area (Å²) in [7, 11) is 1.98. The normalized spacial score (nSPS) is 17.6. The zero-order valence-electron chi connectivity index (χ0n) is 10.9. The summed E-state index contributed by atoms with van der Waals surface area (Å²) in [6.45, 7) is 5.64. The number of hydrogen-bond donors (Lipinski definition) is 2. The van der Waals surface area contributed by atoms with Gasteiger partial charge in [-0.05, 0) is 25.6 Å². The van der Waals surface area contributed by atoms with Crippen molar-refractivity contribution in [3.8, 4) is 0 Å². The number of nitrogens with one attached hydrogen (secondary N) is 2. The standard InChI is InChI=1S/C13H18ClN3O/c1-4-15-12-8-6-9(14)11(17(3)5-2)7-10(8)16-13(12)18/h6-7,12,15H,4-5H2,1-3H3,(H,16,18). The number of carbonyl (C=O) groups is 1. The van der Waals surface area contributed by atoms with Gasteiger partial charge in [-0.15, -0.1) is 0 Å². The van der Waals surface area contributed by atoms with Crippen LogP contribution in [0.15, 0.2) is 12.1 Å². The molecule has 1 aliphatic heterocycles. The summed E-state index contributed by atoms with van der Waals surface area (Å²) in [6.07, 6.45) is 0. The third-order valence-corrected chi connectivity index (χ3v) is 3.55. The fraction of sp³-hybridized carbons (Fsp3) is 0.462. The Morgan fingerprint density at radius 2 is 2.17 bits per heavy atom. The van der Waals surface area contributed by atoms with Crippen molar-refractivity contribution in [1.29, 1.82) is 0 Å². The van der Waals surface area contributed by atoms with E-state index in [0.29, 0.717) is 5.02 Å². The van der Waals surface area contributed by atoms with E-state index >= 15 is 0 Å². The second-order valence-electron chi connectivity index (χ2n) is 4.38. The van der Waals surface area contributed by atoms with Crippen molar-refractivity contribution in [2.24, 2.45) is 0 Å². The molecule has 0 aliphatic carbocycles.